The van der Waals surface area contributed by atoms with Crippen molar-refractivity contribution in [3.63, 3.8) is 0 Å². The maximum atomic E-state index is 12.4. The van der Waals surface area contributed by atoms with Crippen LogP contribution in [-0.4, -0.2) is 18.9 Å². The number of carbonyl (C=O) groups is 1. The van der Waals surface area contributed by atoms with E-state index in [9.17, 15) is 39.6 Å². The maximum absolute atomic E-state index is 12.4. The quantitative estimate of drug-likeness (QED) is 0.537. The van der Waals surface area contributed by atoms with E-state index in [1.807, 2.05) is 5.38 Å². The highest BCUT2D eigenvalue weighted by atomic mass is 32.2. The van der Waals surface area contributed by atoms with Gasteiger partial charge in [-0.15, -0.1) is 11.3 Å². The van der Waals surface area contributed by atoms with Gasteiger partial charge in [-0.1, -0.05) is 6.07 Å². The fourth-order valence-corrected chi connectivity index (χ4v) is 2.73. The summed E-state index contributed by atoms with van der Waals surface area (Å²) in [5, 5.41) is 2.59. The van der Waals surface area contributed by atoms with E-state index < -0.39 is 45.1 Å². The second kappa shape index (κ2) is 8.75. The van der Waals surface area contributed by atoms with Crippen LogP contribution in [-0.2, 0) is 22.5 Å². The van der Waals surface area contributed by atoms with Gasteiger partial charge in [0.05, 0.1) is 22.1 Å². The number of primary amides is 1. The van der Waals surface area contributed by atoms with Gasteiger partial charge in [0, 0.05) is 4.88 Å². The maximum Gasteiger partial charge on any atom is 0.417 e. The third kappa shape index (κ3) is 7.70. The minimum atomic E-state index is -5.08. The Kier molecular flexibility index (Phi) is 7.39. The first kappa shape index (κ1) is 23.7. The Morgan fingerprint density at radius 1 is 1.07 bits per heavy atom. The minimum absolute atomic E-state index is 0.139. The zero-order valence-corrected chi connectivity index (χ0v) is 15.1. The second-order valence-electron chi connectivity index (χ2n) is 4.95. The molecule has 1 heterocycles. The van der Waals surface area contributed by atoms with Gasteiger partial charge < -0.3 is 5.73 Å². The van der Waals surface area contributed by atoms with E-state index in [1.54, 1.807) is 12.1 Å². The summed E-state index contributed by atoms with van der Waals surface area (Å²) in [6.07, 6.45) is -8.65. The Morgan fingerprint density at radius 3 is 2.07 bits per heavy atom. The predicted molar refractivity (Wildman–Crippen MR) is 89.9 cm³/mol. The lowest BCUT2D eigenvalue weighted by molar-refractivity contribution is -0.143. The predicted octanol–water partition coefficient (Wildman–Crippen LogP) is 4.43. The highest BCUT2D eigenvalue weighted by Gasteiger charge is 2.39. The van der Waals surface area contributed by atoms with E-state index in [0.29, 0.717) is 12.1 Å². The first-order chi connectivity index (χ1) is 12.6. The normalized spacial score (nSPS) is 12.5. The summed E-state index contributed by atoms with van der Waals surface area (Å²) in [5.74, 6) is -1.44. The molecule has 2 rings (SSSR count). The fourth-order valence-electron chi connectivity index (χ4n) is 1.71. The summed E-state index contributed by atoms with van der Waals surface area (Å²) in [6, 6.07) is 4.20. The van der Waals surface area contributed by atoms with Gasteiger partial charge in [0.25, 0.3) is 10.1 Å². The van der Waals surface area contributed by atoms with Crippen LogP contribution in [0.1, 0.15) is 26.4 Å². The second-order valence-corrected chi connectivity index (χ2v) is 7.23. The van der Waals surface area contributed by atoms with Crippen molar-refractivity contribution in [3.8, 4) is 0 Å². The van der Waals surface area contributed by atoms with Crippen molar-refractivity contribution in [2.75, 3.05) is 0 Å². The molecule has 1 amide bonds. The van der Waals surface area contributed by atoms with Gasteiger partial charge in [0.2, 0.25) is 5.91 Å². The molecule has 0 aliphatic carbocycles. The molecule has 2 aromatic rings. The Hall–Kier alpha value is -2.38. The number of benzene rings is 1. The van der Waals surface area contributed by atoms with Crippen molar-refractivity contribution in [2.24, 2.45) is 5.73 Å². The van der Waals surface area contributed by atoms with Gasteiger partial charge in [-0.3, -0.25) is 9.35 Å². The molecule has 3 N–H and O–H groups in total. The number of halogens is 6. The molecule has 0 saturated carbocycles. The van der Waals surface area contributed by atoms with E-state index in [-0.39, 0.29) is 6.07 Å². The van der Waals surface area contributed by atoms with Gasteiger partial charge in [-0.2, -0.15) is 34.8 Å². The van der Waals surface area contributed by atoms with Crippen molar-refractivity contribution in [3.05, 3.63) is 62.7 Å². The van der Waals surface area contributed by atoms with Crippen LogP contribution >= 0.6 is 11.3 Å². The molecule has 0 fully saturated rings. The molecule has 0 aliphatic rings. The Balaban J connectivity index is 0.000000307. The van der Waals surface area contributed by atoms with Crippen LogP contribution in [0.2, 0.25) is 0 Å². The monoisotopic (exact) mass is 447 g/mol. The van der Waals surface area contributed by atoms with Crippen molar-refractivity contribution >= 4 is 33.4 Å². The number of alkyl halides is 6. The molecule has 0 saturated heterocycles. The van der Waals surface area contributed by atoms with E-state index in [1.165, 1.54) is 17.4 Å². The molecule has 0 unspecified atom stereocenters. The highest BCUT2D eigenvalue weighted by molar-refractivity contribution is 7.88. The van der Waals surface area contributed by atoms with Crippen molar-refractivity contribution < 1.29 is 44.1 Å². The molecule has 0 radical (unpaired) electrons. The van der Waals surface area contributed by atoms with E-state index in [2.05, 4.69) is 5.73 Å². The van der Waals surface area contributed by atoms with Crippen LogP contribution in [0, 0.1) is 0 Å². The van der Waals surface area contributed by atoms with Gasteiger partial charge in [0.1, 0.15) is 0 Å². The standard InChI is InChI=1S/C9H5F6NO.C6H6O3S2/c10-8(11,12)4-1-2-5(7(16)17)6(3-4)9(13,14)15;7-11(8,9)5-3-6-2-1-4-10-6/h1-3H,(H2,16,17);1-5H,(H,7,8,9)/b;5-3+. The number of carbonyl (C=O) groups excluding carboxylic acids is 1. The lowest BCUT2D eigenvalue weighted by atomic mass is 10.0. The zero-order valence-electron chi connectivity index (χ0n) is 13.5. The van der Waals surface area contributed by atoms with Crippen LogP contribution in [0.4, 0.5) is 26.3 Å². The molecule has 5 nitrogen and oxygen atoms in total. The van der Waals surface area contributed by atoms with Crippen LogP contribution < -0.4 is 5.73 Å². The van der Waals surface area contributed by atoms with Crippen molar-refractivity contribution in [2.45, 2.75) is 12.4 Å². The van der Waals surface area contributed by atoms with E-state index in [0.717, 1.165) is 10.3 Å². The zero-order chi connectivity index (χ0) is 21.8. The van der Waals surface area contributed by atoms with E-state index in [4.69, 9.17) is 4.55 Å². The molecule has 0 atom stereocenters. The lowest BCUT2D eigenvalue weighted by Gasteiger charge is -2.14. The van der Waals surface area contributed by atoms with Gasteiger partial charge >= 0.3 is 12.4 Å². The van der Waals surface area contributed by atoms with Crippen molar-refractivity contribution in [1.82, 2.24) is 0 Å². The summed E-state index contributed by atoms with van der Waals surface area (Å²) in [7, 11) is -3.97. The summed E-state index contributed by atoms with van der Waals surface area (Å²) in [4.78, 5) is 11.5. The average molecular weight is 447 g/mol. The average Bonchev–Trinajstić information content (AvgIpc) is 3.04. The fraction of sp³-hybridized carbons (Fsp3) is 0.133. The summed E-state index contributed by atoms with van der Waals surface area (Å²) in [5.41, 5.74) is 0.470. The summed E-state index contributed by atoms with van der Waals surface area (Å²) in [6.45, 7) is 0. The number of rotatable bonds is 3. The number of amides is 1. The van der Waals surface area contributed by atoms with Crippen molar-refractivity contribution in [1.29, 1.82) is 0 Å². The SMILES string of the molecule is NC(=O)c1ccc(C(F)(F)F)cc1C(F)(F)F.O=S(=O)(O)/C=C/c1cccs1. The first-order valence-electron chi connectivity index (χ1n) is 6.88. The molecule has 0 aliphatic heterocycles. The van der Waals surface area contributed by atoms with E-state index >= 15 is 0 Å². The number of hydrogen-bond acceptors (Lipinski definition) is 4. The molecule has 0 spiro atoms. The largest absolute Gasteiger partial charge is 0.417 e. The van der Waals surface area contributed by atoms with Crippen LogP contribution in [0.5, 0.6) is 0 Å². The molecular formula is C15H11F6NO4S2. The number of hydrogen-bond donors (Lipinski definition) is 2. The minimum Gasteiger partial charge on any atom is -0.366 e. The van der Waals surface area contributed by atoms with Gasteiger partial charge in [-0.05, 0) is 35.7 Å². The Morgan fingerprint density at radius 2 is 1.68 bits per heavy atom. The smallest absolute Gasteiger partial charge is 0.366 e. The molecule has 1 aromatic heterocycles. The number of nitrogens with two attached hydrogens (primary N) is 1. The van der Waals surface area contributed by atoms with Crippen LogP contribution in [0.3, 0.4) is 0 Å². The molecule has 0 bridgehead atoms. The van der Waals surface area contributed by atoms with Gasteiger partial charge in [-0.25, -0.2) is 0 Å². The topological polar surface area (TPSA) is 97.5 Å². The van der Waals surface area contributed by atoms with Crippen LogP contribution in [0.15, 0.2) is 41.1 Å². The molecule has 28 heavy (non-hydrogen) atoms. The molecule has 1 aromatic carbocycles. The molecule has 13 heteroatoms. The third-order valence-corrected chi connectivity index (χ3v) is 4.18. The Bertz CT molecular complexity index is 948. The highest BCUT2D eigenvalue weighted by Crippen LogP contribution is 2.37. The van der Waals surface area contributed by atoms with Gasteiger partial charge in [0.15, 0.2) is 0 Å². The number of thiophene rings is 1. The third-order valence-electron chi connectivity index (χ3n) is 2.87. The Labute approximate surface area is 158 Å². The summed E-state index contributed by atoms with van der Waals surface area (Å²) >= 11 is 1.40. The summed E-state index contributed by atoms with van der Waals surface area (Å²) < 4.78 is 103. The lowest BCUT2D eigenvalue weighted by Crippen LogP contribution is -2.20. The molecule has 154 valence electrons. The first-order valence-corrected chi connectivity index (χ1v) is 9.27. The van der Waals surface area contributed by atoms with Crippen LogP contribution in [0.25, 0.3) is 6.08 Å². The molecular weight excluding hydrogens is 436 g/mol.